The molecule has 0 saturated heterocycles. The average molecular weight is 353 g/mol. The summed E-state index contributed by atoms with van der Waals surface area (Å²) < 4.78 is 7.93. The third-order valence-corrected chi connectivity index (χ3v) is 4.74. The topological polar surface area (TPSA) is 67.9 Å². The van der Waals surface area contributed by atoms with E-state index < -0.39 is 0 Å². The van der Waals surface area contributed by atoms with Crippen molar-refractivity contribution in [2.75, 3.05) is 0 Å². The van der Waals surface area contributed by atoms with Crippen LogP contribution in [0.15, 0.2) is 29.5 Å². The first-order valence-electron chi connectivity index (χ1n) is 8.92. The molecule has 6 nitrogen and oxygen atoms in total. The number of nitrogens with zero attached hydrogens (tertiary/aromatic N) is 3. The van der Waals surface area contributed by atoms with Crippen LogP contribution in [0.2, 0.25) is 0 Å². The predicted octanol–water partition coefficient (Wildman–Crippen LogP) is 1.59. The van der Waals surface area contributed by atoms with Crippen LogP contribution in [0.5, 0.6) is 0 Å². The lowest BCUT2D eigenvalue weighted by atomic mass is 10.1. The summed E-state index contributed by atoms with van der Waals surface area (Å²) in [4.78, 5) is 4.45. The molecule has 2 N–H and O–H groups in total. The van der Waals surface area contributed by atoms with Crippen LogP contribution in [0.3, 0.4) is 0 Å². The van der Waals surface area contributed by atoms with Gasteiger partial charge in [-0.2, -0.15) is 5.10 Å². The first-order valence-corrected chi connectivity index (χ1v) is 8.92. The minimum absolute atomic E-state index is 0.0183. The van der Waals surface area contributed by atoms with Crippen LogP contribution in [-0.2, 0) is 13.0 Å². The Labute approximate surface area is 154 Å². The highest BCUT2D eigenvalue weighted by molar-refractivity contribution is 5.36. The third kappa shape index (κ3) is 3.59. The van der Waals surface area contributed by atoms with Gasteiger partial charge in [0.05, 0.1) is 18.4 Å². The number of hydrogen-bond acceptors (Lipinski definition) is 5. The van der Waals surface area contributed by atoms with E-state index >= 15 is 0 Å². The molecule has 0 radical (unpaired) electrons. The summed E-state index contributed by atoms with van der Waals surface area (Å²) in [5.41, 5.74) is 1.80. The maximum Gasteiger partial charge on any atom is 0.147 e. The zero-order valence-electron chi connectivity index (χ0n) is 15.8. The van der Waals surface area contributed by atoms with E-state index in [0.29, 0.717) is 0 Å². The molecule has 2 atom stereocenters. The van der Waals surface area contributed by atoms with Crippen molar-refractivity contribution in [1.82, 2.24) is 25.4 Å². The molecule has 1 aliphatic heterocycles. The van der Waals surface area contributed by atoms with Gasteiger partial charge in [0.2, 0.25) is 0 Å². The molecule has 138 valence electrons. The van der Waals surface area contributed by atoms with E-state index in [1.807, 2.05) is 24.6 Å². The van der Waals surface area contributed by atoms with E-state index in [1.165, 1.54) is 0 Å². The monoisotopic (exact) mass is 353 g/mol. The second-order valence-corrected chi connectivity index (χ2v) is 6.82. The van der Waals surface area contributed by atoms with Crippen LogP contribution < -0.4 is 21.3 Å². The molecule has 0 spiro atoms. The summed E-state index contributed by atoms with van der Waals surface area (Å²) >= 11 is 0. The Kier molecular flexibility index (Phi) is 5.02. The van der Waals surface area contributed by atoms with Crippen molar-refractivity contribution >= 4 is 12.7 Å². The van der Waals surface area contributed by atoms with E-state index in [2.05, 4.69) is 47.4 Å². The Bertz CT molecular complexity index is 936. The normalized spacial score (nSPS) is 18.3. The van der Waals surface area contributed by atoms with Crippen molar-refractivity contribution < 1.29 is 4.42 Å². The lowest BCUT2D eigenvalue weighted by Gasteiger charge is -2.27. The highest BCUT2D eigenvalue weighted by Gasteiger charge is 2.22. The Balaban J connectivity index is 1.64. The molecule has 2 aromatic heterocycles. The number of aryl methyl sites for hydroxylation is 2. The maximum absolute atomic E-state index is 5.94. The van der Waals surface area contributed by atoms with Gasteiger partial charge in [0.25, 0.3) is 0 Å². The van der Waals surface area contributed by atoms with Crippen LogP contribution in [0, 0.1) is 13.8 Å². The van der Waals surface area contributed by atoms with Gasteiger partial charge in [0.15, 0.2) is 0 Å². The number of allylic oxidation sites excluding steroid dienone is 1. The first kappa shape index (κ1) is 18.0. The molecule has 0 aromatic carbocycles. The molecule has 6 heteroatoms. The molecular weight excluding hydrogens is 326 g/mol. The molecular formula is C20H27N5O. The molecule has 1 aliphatic rings. The number of furan rings is 1. The van der Waals surface area contributed by atoms with Crippen molar-refractivity contribution in [3.8, 4) is 0 Å². The second-order valence-electron chi connectivity index (χ2n) is 6.82. The Morgan fingerprint density at radius 1 is 1.42 bits per heavy atom. The summed E-state index contributed by atoms with van der Waals surface area (Å²) in [5.74, 6) is 3.53. The standard InChI is InChI=1S/C20H27N5O/c1-7-8-18-12(2)13(3)20(26-18)14(4)21-15(5)22-17-9-10-19-23-16(6)24-25(19)11-17/h7-8,14,17,21-22H,1-2,5,9-11H2,3-4,6H3/b18-8+. The van der Waals surface area contributed by atoms with Crippen molar-refractivity contribution in [2.24, 2.45) is 0 Å². The molecule has 26 heavy (non-hydrogen) atoms. The summed E-state index contributed by atoms with van der Waals surface area (Å²) in [6, 6.07) is 0.261. The molecule has 0 amide bonds. The van der Waals surface area contributed by atoms with Gasteiger partial charge >= 0.3 is 0 Å². The van der Waals surface area contributed by atoms with E-state index in [0.717, 1.165) is 58.8 Å². The number of nitrogens with one attached hydrogen (secondary N) is 2. The molecule has 0 fully saturated rings. The second kappa shape index (κ2) is 7.23. The summed E-state index contributed by atoms with van der Waals surface area (Å²) in [7, 11) is 0. The number of rotatable bonds is 6. The van der Waals surface area contributed by atoms with Gasteiger partial charge in [-0.25, -0.2) is 9.67 Å². The minimum atomic E-state index is -0.0183. The van der Waals surface area contributed by atoms with Crippen LogP contribution in [-0.4, -0.2) is 20.8 Å². The van der Waals surface area contributed by atoms with Gasteiger partial charge in [0.1, 0.15) is 22.8 Å². The van der Waals surface area contributed by atoms with Crippen LogP contribution in [0.25, 0.3) is 12.7 Å². The van der Waals surface area contributed by atoms with Crippen molar-refractivity contribution in [3.05, 3.63) is 58.7 Å². The van der Waals surface area contributed by atoms with Gasteiger partial charge in [0, 0.05) is 17.7 Å². The predicted molar refractivity (Wildman–Crippen MR) is 104 cm³/mol. The van der Waals surface area contributed by atoms with Crippen LogP contribution >= 0.6 is 0 Å². The molecule has 3 heterocycles. The SMILES string of the molecule is C=C/C=c1/oc(C(C)NC(=C)NC2CCc3nc(C)nn3C2)c(C)c1=C. The number of aromatic nitrogens is 3. The smallest absolute Gasteiger partial charge is 0.147 e. The van der Waals surface area contributed by atoms with Gasteiger partial charge < -0.3 is 15.1 Å². The quantitative estimate of drug-likeness (QED) is 0.825. The van der Waals surface area contributed by atoms with Gasteiger partial charge in [-0.15, -0.1) is 0 Å². The van der Waals surface area contributed by atoms with E-state index in [4.69, 9.17) is 4.42 Å². The maximum atomic E-state index is 5.94. The zero-order chi connectivity index (χ0) is 18.8. The Morgan fingerprint density at radius 2 is 2.19 bits per heavy atom. The van der Waals surface area contributed by atoms with Gasteiger partial charge in [-0.3, -0.25) is 0 Å². The Hall–Kier alpha value is -2.76. The fourth-order valence-corrected chi connectivity index (χ4v) is 3.41. The molecule has 3 rings (SSSR count). The highest BCUT2D eigenvalue weighted by Crippen LogP contribution is 2.16. The first-order chi connectivity index (χ1) is 12.4. The summed E-state index contributed by atoms with van der Waals surface area (Å²) in [6.07, 6.45) is 5.47. The van der Waals surface area contributed by atoms with Crippen molar-refractivity contribution in [2.45, 2.75) is 52.2 Å². The minimum Gasteiger partial charge on any atom is -0.459 e. The lowest BCUT2D eigenvalue weighted by molar-refractivity contribution is 0.362. The van der Waals surface area contributed by atoms with Crippen LogP contribution in [0.1, 0.15) is 42.4 Å². The average Bonchev–Trinajstić information content (AvgIpc) is 3.08. The summed E-state index contributed by atoms with van der Waals surface area (Å²) in [5, 5.41) is 12.2. The third-order valence-electron chi connectivity index (χ3n) is 4.74. The van der Waals surface area contributed by atoms with Crippen LogP contribution in [0.4, 0.5) is 0 Å². The fraction of sp³-hybridized carbons (Fsp3) is 0.400. The number of fused-ring (bicyclic) bond motifs is 1. The van der Waals surface area contributed by atoms with Crippen molar-refractivity contribution in [1.29, 1.82) is 0 Å². The van der Waals surface area contributed by atoms with Crippen molar-refractivity contribution in [3.63, 3.8) is 0 Å². The fourth-order valence-electron chi connectivity index (χ4n) is 3.41. The molecule has 0 aliphatic carbocycles. The van der Waals surface area contributed by atoms with E-state index in [9.17, 15) is 0 Å². The van der Waals surface area contributed by atoms with Gasteiger partial charge in [-0.1, -0.05) is 25.8 Å². The highest BCUT2D eigenvalue weighted by atomic mass is 16.3. The van der Waals surface area contributed by atoms with E-state index in [1.54, 1.807) is 6.08 Å². The summed E-state index contributed by atoms with van der Waals surface area (Å²) in [6.45, 7) is 18.7. The molecule has 0 saturated carbocycles. The molecule has 0 bridgehead atoms. The zero-order valence-corrected chi connectivity index (χ0v) is 15.8. The molecule has 2 unspecified atom stereocenters. The largest absolute Gasteiger partial charge is 0.459 e. The van der Waals surface area contributed by atoms with E-state index in [-0.39, 0.29) is 12.1 Å². The molecule has 2 aromatic rings. The lowest BCUT2D eigenvalue weighted by Crippen LogP contribution is -2.41. The number of hydrogen-bond donors (Lipinski definition) is 2. The Morgan fingerprint density at radius 3 is 2.92 bits per heavy atom. The van der Waals surface area contributed by atoms with Gasteiger partial charge in [-0.05, 0) is 38.8 Å².